The van der Waals surface area contributed by atoms with Crippen LogP contribution in [0.2, 0.25) is 0 Å². The molecular formula is C16H20O6-2. The molecule has 6 heteroatoms. The predicted octanol–water partition coefficient (Wildman–Crippen LogP) is 0.771. The summed E-state index contributed by atoms with van der Waals surface area (Å²) in [5, 5.41) is 22.4. The van der Waals surface area contributed by atoms with Gasteiger partial charge in [0, 0.05) is 11.1 Å². The molecule has 0 atom stereocenters. The third-order valence-electron chi connectivity index (χ3n) is 3.03. The molecule has 0 aliphatic heterocycles. The number of hydrogen-bond acceptors (Lipinski definition) is 6. The number of rotatable bonds is 10. The molecule has 6 nitrogen and oxygen atoms in total. The molecule has 0 bridgehead atoms. The van der Waals surface area contributed by atoms with E-state index in [1.165, 1.54) is 0 Å². The number of carboxylic acids is 2. The van der Waals surface area contributed by atoms with E-state index in [9.17, 15) is 19.8 Å². The van der Waals surface area contributed by atoms with Gasteiger partial charge in [-0.25, -0.2) is 0 Å². The average Bonchev–Trinajstić information content (AvgIpc) is 2.47. The lowest BCUT2D eigenvalue weighted by atomic mass is 10.1. The number of benzene rings is 1. The molecule has 1 rings (SSSR count). The summed E-state index contributed by atoms with van der Waals surface area (Å²) >= 11 is 0. The summed E-state index contributed by atoms with van der Waals surface area (Å²) in [5.41, 5.74) is -0.458. The third kappa shape index (κ3) is 4.95. The molecule has 0 saturated heterocycles. The first-order chi connectivity index (χ1) is 10.5. The quantitative estimate of drug-likeness (QED) is 0.592. The molecule has 1 aromatic rings. The highest BCUT2D eigenvalue weighted by molar-refractivity contribution is 5.95. The number of hydrogen-bond donors (Lipinski definition) is 0. The first-order valence-corrected chi connectivity index (χ1v) is 7.37. The molecule has 0 N–H and O–H groups in total. The maximum atomic E-state index is 11.2. The molecule has 0 heterocycles. The molecular weight excluding hydrogens is 288 g/mol. The van der Waals surface area contributed by atoms with E-state index in [1.807, 2.05) is 13.8 Å². The van der Waals surface area contributed by atoms with Crippen molar-refractivity contribution in [3.05, 3.63) is 23.3 Å². The van der Waals surface area contributed by atoms with Crippen LogP contribution >= 0.6 is 0 Å². The molecule has 0 unspecified atom stereocenters. The summed E-state index contributed by atoms with van der Waals surface area (Å²) in [6.07, 6.45) is 3.18. The van der Waals surface area contributed by atoms with Gasteiger partial charge in [-0.05, 0) is 25.0 Å². The molecule has 0 fully saturated rings. The topological polar surface area (TPSA) is 98.7 Å². The van der Waals surface area contributed by atoms with Gasteiger partial charge >= 0.3 is 0 Å². The van der Waals surface area contributed by atoms with Gasteiger partial charge in [0.15, 0.2) is 0 Å². The number of aromatic carboxylic acids is 2. The van der Waals surface area contributed by atoms with E-state index in [-0.39, 0.29) is 22.6 Å². The summed E-state index contributed by atoms with van der Waals surface area (Å²) < 4.78 is 10.7. The average molecular weight is 308 g/mol. The number of unbranched alkanes of at least 4 members (excludes halogenated alkanes) is 2. The lowest BCUT2D eigenvalue weighted by Crippen LogP contribution is -2.26. The summed E-state index contributed by atoms with van der Waals surface area (Å²) in [6.45, 7) is 4.50. The van der Waals surface area contributed by atoms with Gasteiger partial charge in [-0.1, -0.05) is 26.7 Å². The number of ether oxygens (including phenoxy) is 2. The van der Waals surface area contributed by atoms with Crippen LogP contribution in [-0.4, -0.2) is 25.2 Å². The smallest absolute Gasteiger partial charge is 0.129 e. The Morgan fingerprint density at radius 1 is 0.864 bits per heavy atom. The van der Waals surface area contributed by atoms with E-state index in [2.05, 4.69) is 0 Å². The lowest BCUT2D eigenvalue weighted by Gasteiger charge is -2.18. The van der Waals surface area contributed by atoms with Crippen LogP contribution < -0.4 is 19.7 Å². The molecule has 0 aliphatic carbocycles. The minimum atomic E-state index is -1.45. The molecule has 0 radical (unpaired) electrons. The Bertz CT molecular complexity index is 476. The first-order valence-electron chi connectivity index (χ1n) is 7.37. The summed E-state index contributed by atoms with van der Waals surface area (Å²) in [5.74, 6) is -2.99. The zero-order chi connectivity index (χ0) is 16.5. The Hall–Kier alpha value is -2.24. The van der Waals surface area contributed by atoms with Crippen molar-refractivity contribution in [3.63, 3.8) is 0 Å². The van der Waals surface area contributed by atoms with Gasteiger partial charge < -0.3 is 29.3 Å². The molecule has 122 valence electrons. The summed E-state index contributed by atoms with van der Waals surface area (Å²) in [7, 11) is 0. The SMILES string of the molecule is CCCCOc1cc(C(=O)[O-])c(OCCCC)cc1C(=O)[O-]. The van der Waals surface area contributed by atoms with E-state index in [0.29, 0.717) is 13.2 Å². The highest BCUT2D eigenvalue weighted by Gasteiger charge is 2.14. The third-order valence-corrected chi connectivity index (χ3v) is 3.03. The zero-order valence-corrected chi connectivity index (χ0v) is 12.8. The maximum Gasteiger partial charge on any atom is 0.129 e. The van der Waals surface area contributed by atoms with Crippen molar-refractivity contribution in [2.75, 3.05) is 13.2 Å². The molecule has 1 aromatic carbocycles. The Labute approximate surface area is 129 Å². The molecule has 0 aliphatic rings. The van der Waals surface area contributed by atoms with Crippen molar-refractivity contribution in [1.29, 1.82) is 0 Å². The number of carbonyl (C=O) groups is 2. The molecule has 0 aromatic heterocycles. The lowest BCUT2D eigenvalue weighted by molar-refractivity contribution is -0.256. The van der Waals surface area contributed by atoms with E-state index < -0.39 is 11.9 Å². The van der Waals surface area contributed by atoms with Crippen molar-refractivity contribution < 1.29 is 29.3 Å². The second kappa shape index (κ2) is 8.92. The van der Waals surface area contributed by atoms with Crippen LogP contribution in [0.3, 0.4) is 0 Å². The minimum absolute atomic E-state index is 0.0458. The fourth-order valence-corrected chi connectivity index (χ4v) is 1.77. The van der Waals surface area contributed by atoms with Crippen LogP contribution in [0.15, 0.2) is 12.1 Å². The molecule has 0 amide bonds. The second-order valence-corrected chi connectivity index (χ2v) is 4.82. The Morgan fingerprint density at radius 2 is 1.23 bits per heavy atom. The van der Waals surface area contributed by atoms with E-state index in [1.54, 1.807) is 0 Å². The van der Waals surface area contributed by atoms with Crippen molar-refractivity contribution in [2.45, 2.75) is 39.5 Å². The van der Waals surface area contributed by atoms with E-state index in [0.717, 1.165) is 37.8 Å². The van der Waals surface area contributed by atoms with Crippen molar-refractivity contribution in [1.82, 2.24) is 0 Å². The number of carbonyl (C=O) groups excluding carboxylic acids is 2. The molecule has 0 spiro atoms. The Morgan fingerprint density at radius 3 is 1.50 bits per heavy atom. The normalized spacial score (nSPS) is 10.3. The molecule has 0 saturated carbocycles. The standard InChI is InChI=1S/C16H22O6/c1-3-5-7-21-13-9-12(16(19)20)14(22-8-6-4-2)10-11(13)15(17)18/h9-10H,3-8H2,1-2H3,(H,17,18)(H,19,20)/p-2. The van der Waals surface area contributed by atoms with Gasteiger partial charge in [0.05, 0.1) is 25.2 Å². The highest BCUT2D eigenvalue weighted by atomic mass is 16.5. The van der Waals surface area contributed by atoms with Crippen LogP contribution in [0.25, 0.3) is 0 Å². The molecule has 22 heavy (non-hydrogen) atoms. The predicted molar refractivity (Wildman–Crippen MR) is 75.9 cm³/mol. The van der Waals surface area contributed by atoms with Crippen LogP contribution in [-0.2, 0) is 0 Å². The van der Waals surface area contributed by atoms with E-state index >= 15 is 0 Å². The fraction of sp³-hybridized carbons (Fsp3) is 0.500. The maximum absolute atomic E-state index is 11.2. The van der Waals surface area contributed by atoms with Crippen LogP contribution in [0.1, 0.15) is 60.2 Å². The monoisotopic (exact) mass is 308 g/mol. The number of carboxylic acid groups (broad SMARTS) is 2. The Balaban J connectivity index is 3.13. The van der Waals surface area contributed by atoms with Gasteiger partial charge in [-0.15, -0.1) is 0 Å². The van der Waals surface area contributed by atoms with Crippen molar-refractivity contribution in [3.8, 4) is 11.5 Å². The largest absolute Gasteiger partial charge is 0.545 e. The van der Waals surface area contributed by atoms with E-state index in [4.69, 9.17) is 9.47 Å². The van der Waals surface area contributed by atoms with Gasteiger partial charge in [0.25, 0.3) is 0 Å². The minimum Gasteiger partial charge on any atom is -0.545 e. The second-order valence-electron chi connectivity index (χ2n) is 4.82. The summed E-state index contributed by atoms with van der Waals surface area (Å²) in [4.78, 5) is 22.4. The highest BCUT2D eigenvalue weighted by Crippen LogP contribution is 2.29. The van der Waals surface area contributed by atoms with Crippen LogP contribution in [0, 0.1) is 0 Å². The van der Waals surface area contributed by atoms with Crippen LogP contribution in [0.4, 0.5) is 0 Å². The van der Waals surface area contributed by atoms with Crippen molar-refractivity contribution >= 4 is 11.9 Å². The van der Waals surface area contributed by atoms with Gasteiger partial charge in [-0.3, -0.25) is 0 Å². The Kier molecular flexibility index (Phi) is 7.22. The van der Waals surface area contributed by atoms with Crippen molar-refractivity contribution in [2.24, 2.45) is 0 Å². The van der Waals surface area contributed by atoms with Gasteiger partial charge in [0.1, 0.15) is 11.5 Å². The van der Waals surface area contributed by atoms with Gasteiger partial charge in [0.2, 0.25) is 0 Å². The summed E-state index contributed by atoms with van der Waals surface area (Å²) in [6, 6.07) is 2.24. The van der Waals surface area contributed by atoms with Crippen LogP contribution in [0.5, 0.6) is 11.5 Å². The zero-order valence-electron chi connectivity index (χ0n) is 12.8. The van der Waals surface area contributed by atoms with Gasteiger partial charge in [-0.2, -0.15) is 0 Å². The first kappa shape index (κ1) is 17.8. The fourth-order valence-electron chi connectivity index (χ4n) is 1.77.